The number of benzene rings is 1. The Morgan fingerprint density at radius 2 is 2.18 bits per heavy atom. The van der Waals surface area contributed by atoms with E-state index in [4.69, 9.17) is 5.73 Å². The molecule has 0 aromatic heterocycles. The molecular formula is C12H16BrFN2O. The van der Waals surface area contributed by atoms with Gasteiger partial charge in [-0.3, -0.25) is 4.79 Å². The number of rotatable bonds is 5. The third-order valence-corrected chi connectivity index (χ3v) is 3.47. The number of carbonyl (C=O) groups excluding carboxylic acids is 1. The standard InChI is InChI=1S/C12H16BrFN2O/c1-12(2,11(15)17)7-16-6-8-4-3-5-9(14)10(8)13/h3-5,16H,6-7H2,1-2H3,(H2,15,17). The minimum Gasteiger partial charge on any atom is -0.369 e. The molecule has 0 atom stereocenters. The molecule has 0 bridgehead atoms. The van der Waals surface area contributed by atoms with Gasteiger partial charge in [-0.25, -0.2) is 4.39 Å². The van der Waals surface area contributed by atoms with Crippen molar-refractivity contribution in [3.63, 3.8) is 0 Å². The van der Waals surface area contributed by atoms with E-state index in [1.807, 2.05) is 6.07 Å². The predicted octanol–water partition coefficient (Wildman–Crippen LogP) is 2.19. The van der Waals surface area contributed by atoms with E-state index in [9.17, 15) is 9.18 Å². The maximum Gasteiger partial charge on any atom is 0.224 e. The lowest BCUT2D eigenvalue weighted by atomic mass is 9.93. The van der Waals surface area contributed by atoms with Crippen LogP contribution in [-0.4, -0.2) is 12.5 Å². The van der Waals surface area contributed by atoms with Crippen LogP contribution in [0.3, 0.4) is 0 Å². The Labute approximate surface area is 109 Å². The van der Waals surface area contributed by atoms with E-state index in [0.717, 1.165) is 5.56 Å². The Morgan fingerprint density at radius 3 is 2.76 bits per heavy atom. The smallest absolute Gasteiger partial charge is 0.224 e. The fourth-order valence-electron chi connectivity index (χ4n) is 1.28. The number of primary amides is 1. The highest BCUT2D eigenvalue weighted by molar-refractivity contribution is 9.10. The average molecular weight is 303 g/mol. The first-order chi connectivity index (χ1) is 7.84. The zero-order valence-electron chi connectivity index (χ0n) is 9.89. The Balaban J connectivity index is 2.58. The molecule has 5 heteroatoms. The third kappa shape index (κ3) is 3.78. The molecule has 1 aromatic rings. The van der Waals surface area contributed by atoms with Crippen molar-refractivity contribution < 1.29 is 9.18 Å². The van der Waals surface area contributed by atoms with Gasteiger partial charge in [0.1, 0.15) is 5.82 Å². The molecule has 0 aliphatic rings. The first-order valence-electron chi connectivity index (χ1n) is 5.28. The molecule has 0 saturated carbocycles. The Kier molecular flexibility index (Phi) is 4.65. The van der Waals surface area contributed by atoms with Gasteiger partial charge < -0.3 is 11.1 Å². The van der Waals surface area contributed by atoms with E-state index < -0.39 is 5.41 Å². The summed E-state index contributed by atoms with van der Waals surface area (Å²) in [6.07, 6.45) is 0. The van der Waals surface area contributed by atoms with Crippen molar-refractivity contribution in [1.29, 1.82) is 0 Å². The van der Waals surface area contributed by atoms with E-state index in [1.165, 1.54) is 6.07 Å². The highest BCUT2D eigenvalue weighted by Gasteiger charge is 2.24. The minimum atomic E-state index is -0.611. The summed E-state index contributed by atoms with van der Waals surface area (Å²) >= 11 is 3.18. The summed E-state index contributed by atoms with van der Waals surface area (Å²) in [4.78, 5) is 11.1. The van der Waals surface area contributed by atoms with Crippen molar-refractivity contribution in [3.05, 3.63) is 34.1 Å². The van der Waals surface area contributed by atoms with Gasteiger partial charge in [-0.15, -0.1) is 0 Å². The molecule has 3 N–H and O–H groups in total. The van der Waals surface area contributed by atoms with Gasteiger partial charge in [0.25, 0.3) is 0 Å². The van der Waals surface area contributed by atoms with Gasteiger partial charge in [0, 0.05) is 13.1 Å². The summed E-state index contributed by atoms with van der Waals surface area (Å²) in [6.45, 7) is 4.46. The average Bonchev–Trinajstić information content (AvgIpc) is 2.24. The van der Waals surface area contributed by atoms with Crippen LogP contribution in [0.15, 0.2) is 22.7 Å². The van der Waals surface area contributed by atoms with Gasteiger partial charge in [0.05, 0.1) is 9.89 Å². The number of carbonyl (C=O) groups is 1. The van der Waals surface area contributed by atoms with E-state index in [-0.39, 0.29) is 11.7 Å². The van der Waals surface area contributed by atoms with Crippen LogP contribution in [0, 0.1) is 11.2 Å². The van der Waals surface area contributed by atoms with Crippen LogP contribution in [0.4, 0.5) is 4.39 Å². The molecule has 0 saturated heterocycles. The summed E-state index contributed by atoms with van der Waals surface area (Å²) in [5.74, 6) is -0.651. The van der Waals surface area contributed by atoms with Crippen LogP contribution in [-0.2, 0) is 11.3 Å². The molecule has 1 rings (SSSR count). The van der Waals surface area contributed by atoms with Crippen molar-refractivity contribution in [1.82, 2.24) is 5.32 Å². The molecule has 17 heavy (non-hydrogen) atoms. The highest BCUT2D eigenvalue weighted by atomic mass is 79.9. The van der Waals surface area contributed by atoms with E-state index in [2.05, 4.69) is 21.2 Å². The van der Waals surface area contributed by atoms with Crippen LogP contribution in [0.2, 0.25) is 0 Å². The summed E-state index contributed by atoms with van der Waals surface area (Å²) in [5.41, 5.74) is 5.45. The summed E-state index contributed by atoms with van der Waals surface area (Å²) < 4.78 is 13.7. The van der Waals surface area contributed by atoms with Gasteiger partial charge in [-0.05, 0) is 41.4 Å². The van der Waals surface area contributed by atoms with Gasteiger partial charge in [0.15, 0.2) is 0 Å². The lowest BCUT2D eigenvalue weighted by molar-refractivity contribution is -0.125. The molecule has 0 spiro atoms. The fraction of sp³-hybridized carbons (Fsp3) is 0.417. The van der Waals surface area contributed by atoms with Crippen molar-refractivity contribution in [2.24, 2.45) is 11.1 Å². The zero-order chi connectivity index (χ0) is 13.1. The number of hydrogen-bond donors (Lipinski definition) is 2. The van der Waals surface area contributed by atoms with E-state index >= 15 is 0 Å². The number of hydrogen-bond acceptors (Lipinski definition) is 2. The molecule has 0 fully saturated rings. The second-order valence-electron chi connectivity index (χ2n) is 4.56. The molecule has 1 aromatic carbocycles. The SMILES string of the molecule is CC(C)(CNCc1cccc(F)c1Br)C(N)=O. The predicted molar refractivity (Wildman–Crippen MR) is 68.8 cm³/mol. The molecule has 0 unspecified atom stereocenters. The minimum absolute atomic E-state index is 0.293. The second-order valence-corrected chi connectivity index (χ2v) is 5.36. The van der Waals surface area contributed by atoms with Crippen LogP contribution in [0.1, 0.15) is 19.4 Å². The van der Waals surface area contributed by atoms with Gasteiger partial charge in [-0.1, -0.05) is 12.1 Å². The van der Waals surface area contributed by atoms with Crippen LogP contribution < -0.4 is 11.1 Å². The van der Waals surface area contributed by atoms with Crippen LogP contribution in [0.5, 0.6) is 0 Å². The Hall–Kier alpha value is -0.940. The summed E-state index contributed by atoms with van der Waals surface area (Å²) in [5, 5.41) is 3.09. The summed E-state index contributed by atoms with van der Waals surface area (Å²) in [6, 6.07) is 4.86. The topological polar surface area (TPSA) is 55.1 Å². The maximum atomic E-state index is 13.2. The third-order valence-electron chi connectivity index (χ3n) is 2.58. The van der Waals surface area contributed by atoms with Crippen molar-refractivity contribution >= 4 is 21.8 Å². The fourth-order valence-corrected chi connectivity index (χ4v) is 1.69. The molecule has 94 valence electrons. The molecule has 0 aliphatic heterocycles. The van der Waals surface area contributed by atoms with Crippen LogP contribution >= 0.6 is 15.9 Å². The van der Waals surface area contributed by atoms with Gasteiger partial charge in [0.2, 0.25) is 5.91 Å². The first-order valence-corrected chi connectivity index (χ1v) is 6.07. The van der Waals surface area contributed by atoms with Gasteiger partial charge in [-0.2, -0.15) is 0 Å². The molecule has 1 amide bonds. The maximum absolute atomic E-state index is 13.2. The van der Waals surface area contributed by atoms with Crippen molar-refractivity contribution in [2.45, 2.75) is 20.4 Å². The van der Waals surface area contributed by atoms with E-state index in [1.54, 1.807) is 19.9 Å². The number of nitrogens with one attached hydrogen (secondary N) is 1. The lowest BCUT2D eigenvalue weighted by Crippen LogP contribution is -2.40. The second kappa shape index (κ2) is 5.60. The number of halogens is 2. The molecule has 3 nitrogen and oxygen atoms in total. The number of nitrogens with two attached hydrogens (primary N) is 1. The van der Waals surface area contributed by atoms with Gasteiger partial charge >= 0.3 is 0 Å². The van der Waals surface area contributed by atoms with Crippen molar-refractivity contribution in [2.75, 3.05) is 6.54 Å². The van der Waals surface area contributed by atoms with E-state index in [0.29, 0.717) is 17.6 Å². The monoisotopic (exact) mass is 302 g/mol. The zero-order valence-corrected chi connectivity index (χ0v) is 11.5. The quantitative estimate of drug-likeness (QED) is 0.876. The highest BCUT2D eigenvalue weighted by Crippen LogP contribution is 2.20. The Bertz CT molecular complexity index is 421. The number of amides is 1. The molecular weight excluding hydrogens is 287 g/mol. The van der Waals surface area contributed by atoms with Crippen molar-refractivity contribution in [3.8, 4) is 0 Å². The lowest BCUT2D eigenvalue weighted by Gasteiger charge is -2.21. The first kappa shape index (κ1) is 14.1. The Morgan fingerprint density at radius 1 is 1.53 bits per heavy atom. The largest absolute Gasteiger partial charge is 0.369 e. The normalized spacial score (nSPS) is 11.5. The van der Waals surface area contributed by atoms with Crippen LogP contribution in [0.25, 0.3) is 0 Å². The molecule has 0 radical (unpaired) electrons. The summed E-state index contributed by atoms with van der Waals surface area (Å²) in [7, 11) is 0. The molecule has 0 heterocycles. The molecule has 0 aliphatic carbocycles.